The maximum atomic E-state index is 9.10. The number of hydrogen-bond donors (Lipinski definition) is 3. The fourth-order valence-corrected chi connectivity index (χ4v) is 4.07. The third-order valence-electron chi connectivity index (χ3n) is 5.74. The predicted molar refractivity (Wildman–Crippen MR) is 149 cm³/mol. The molecule has 0 spiro atoms. The summed E-state index contributed by atoms with van der Waals surface area (Å²) in [4.78, 5) is 0. The summed E-state index contributed by atoms with van der Waals surface area (Å²) in [7, 11) is 0. The summed E-state index contributed by atoms with van der Waals surface area (Å²) in [6.45, 7) is 0. The molecule has 0 bridgehead atoms. The zero-order chi connectivity index (χ0) is 25.6. The first-order chi connectivity index (χ1) is 18.1. The number of nitriles is 1. The summed E-state index contributed by atoms with van der Waals surface area (Å²) in [5.41, 5.74) is 12.0. The standard InChI is InChI=1S/C28H22N8S/c29-17-22-18-31-36(27(22)30)23-12-10-19(11-13-23)16-21-8-4-5-9-24(21)32-28(37)33-26-15-14-25(34-35-26)20-6-2-1-3-7-20/h1-15,18H,16,30H2,(H2,32,33,35,37). The van der Waals surface area contributed by atoms with Crippen LogP contribution in [0, 0.1) is 11.3 Å². The Kier molecular flexibility index (Phi) is 6.83. The average molecular weight is 503 g/mol. The summed E-state index contributed by atoms with van der Waals surface area (Å²) in [5.74, 6) is 0.882. The molecule has 0 saturated carbocycles. The van der Waals surface area contributed by atoms with E-state index in [0.717, 1.165) is 33.8 Å². The second-order valence-corrected chi connectivity index (χ2v) is 8.62. The van der Waals surface area contributed by atoms with E-state index in [4.69, 9.17) is 23.2 Å². The van der Waals surface area contributed by atoms with E-state index < -0.39 is 0 Å². The second kappa shape index (κ2) is 10.7. The molecule has 0 saturated heterocycles. The number of thiocarbonyl (C=S) groups is 1. The van der Waals surface area contributed by atoms with E-state index in [-0.39, 0.29) is 0 Å². The van der Waals surface area contributed by atoms with Gasteiger partial charge in [0.2, 0.25) is 0 Å². The lowest BCUT2D eigenvalue weighted by Crippen LogP contribution is -2.20. The minimum atomic E-state index is 0.324. The molecular formula is C28H22N8S. The number of aromatic nitrogens is 4. The van der Waals surface area contributed by atoms with E-state index >= 15 is 0 Å². The number of benzene rings is 3. The van der Waals surface area contributed by atoms with Gasteiger partial charge in [-0.05, 0) is 60.1 Å². The Morgan fingerprint density at radius 3 is 2.35 bits per heavy atom. The van der Waals surface area contributed by atoms with Crippen LogP contribution in [0.25, 0.3) is 16.9 Å². The van der Waals surface area contributed by atoms with Crippen LogP contribution in [0.5, 0.6) is 0 Å². The highest BCUT2D eigenvalue weighted by Gasteiger charge is 2.10. The van der Waals surface area contributed by atoms with Crippen LogP contribution < -0.4 is 16.4 Å². The number of anilines is 3. The Hall–Kier alpha value is -5.07. The number of nitrogens with two attached hydrogens (primary N) is 1. The van der Waals surface area contributed by atoms with Crippen molar-refractivity contribution in [3.8, 4) is 23.0 Å². The highest BCUT2D eigenvalue weighted by atomic mass is 32.1. The molecule has 0 unspecified atom stereocenters. The molecule has 5 rings (SSSR count). The van der Waals surface area contributed by atoms with Crippen molar-refractivity contribution in [3.63, 3.8) is 0 Å². The first-order valence-electron chi connectivity index (χ1n) is 11.5. The van der Waals surface area contributed by atoms with Crippen LogP contribution in [0.2, 0.25) is 0 Å². The molecule has 5 aromatic rings. The van der Waals surface area contributed by atoms with Gasteiger partial charge in [0.05, 0.1) is 17.6 Å². The zero-order valence-corrected chi connectivity index (χ0v) is 20.5. The predicted octanol–water partition coefficient (Wildman–Crippen LogP) is 5.18. The number of rotatable bonds is 6. The Balaban J connectivity index is 1.25. The average Bonchev–Trinajstić information content (AvgIpc) is 3.31. The highest BCUT2D eigenvalue weighted by molar-refractivity contribution is 7.80. The lowest BCUT2D eigenvalue weighted by molar-refractivity contribution is 0.890. The molecule has 0 fully saturated rings. The summed E-state index contributed by atoms with van der Waals surface area (Å²) in [6, 6.07) is 31.5. The highest BCUT2D eigenvalue weighted by Crippen LogP contribution is 2.22. The van der Waals surface area contributed by atoms with Crippen LogP contribution in [0.3, 0.4) is 0 Å². The van der Waals surface area contributed by atoms with Crippen LogP contribution in [-0.2, 0) is 6.42 Å². The van der Waals surface area contributed by atoms with Crippen molar-refractivity contribution in [2.24, 2.45) is 0 Å². The van der Waals surface area contributed by atoms with Crippen LogP contribution in [-0.4, -0.2) is 25.1 Å². The van der Waals surface area contributed by atoms with Gasteiger partial charge in [0.1, 0.15) is 17.5 Å². The van der Waals surface area contributed by atoms with E-state index in [0.29, 0.717) is 28.7 Å². The van der Waals surface area contributed by atoms with Gasteiger partial charge >= 0.3 is 0 Å². The summed E-state index contributed by atoms with van der Waals surface area (Å²) in [5, 5.41) is 28.6. The van der Waals surface area contributed by atoms with Crippen molar-refractivity contribution in [2.45, 2.75) is 6.42 Å². The third kappa shape index (κ3) is 5.45. The lowest BCUT2D eigenvalue weighted by Gasteiger charge is -2.14. The Bertz CT molecular complexity index is 1570. The molecule has 0 aliphatic carbocycles. The molecule has 2 heterocycles. The van der Waals surface area contributed by atoms with Crippen molar-refractivity contribution in [1.29, 1.82) is 5.26 Å². The molecule has 8 nitrogen and oxygen atoms in total. The molecule has 4 N–H and O–H groups in total. The number of hydrogen-bond acceptors (Lipinski definition) is 6. The van der Waals surface area contributed by atoms with Gasteiger partial charge in [-0.15, -0.1) is 10.2 Å². The summed E-state index contributed by atoms with van der Waals surface area (Å²) in [6.07, 6.45) is 2.15. The van der Waals surface area contributed by atoms with E-state index in [1.807, 2.05) is 91.0 Å². The van der Waals surface area contributed by atoms with Crippen molar-refractivity contribution in [2.75, 3.05) is 16.4 Å². The summed E-state index contributed by atoms with van der Waals surface area (Å²) < 4.78 is 1.55. The van der Waals surface area contributed by atoms with Crippen molar-refractivity contribution >= 4 is 34.7 Å². The van der Waals surface area contributed by atoms with E-state index in [2.05, 4.69) is 32.0 Å². The Morgan fingerprint density at radius 2 is 1.65 bits per heavy atom. The van der Waals surface area contributed by atoms with Crippen LogP contribution >= 0.6 is 12.2 Å². The van der Waals surface area contributed by atoms with E-state index in [9.17, 15) is 0 Å². The molecular weight excluding hydrogens is 480 g/mol. The third-order valence-corrected chi connectivity index (χ3v) is 5.95. The number of nitrogens with zero attached hydrogens (tertiary/aromatic N) is 5. The van der Waals surface area contributed by atoms with Crippen molar-refractivity contribution < 1.29 is 0 Å². The minimum absolute atomic E-state index is 0.324. The molecule has 0 aliphatic heterocycles. The second-order valence-electron chi connectivity index (χ2n) is 8.22. The van der Waals surface area contributed by atoms with Gasteiger partial charge < -0.3 is 16.4 Å². The summed E-state index contributed by atoms with van der Waals surface area (Å²) >= 11 is 5.53. The fourth-order valence-electron chi connectivity index (χ4n) is 3.85. The van der Waals surface area contributed by atoms with Gasteiger partial charge in [-0.2, -0.15) is 10.4 Å². The quantitative estimate of drug-likeness (QED) is 0.272. The van der Waals surface area contributed by atoms with Gasteiger partial charge in [-0.25, -0.2) is 4.68 Å². The molecule has 3 aromatic carbocycles. The first kappa shape index (κ1) is 23.7. The maximum Gasteiger partial charge on any atom is 0.176 e. The molecule has 0 aliphatic rings. The number of nitrogen functional groups attached to an aromatic ring is 1. The first-order valence-corrected chi connectivity index (χ1v) is 11.9. The van der Waals surface area contributed by atoms with E-state index in [1.54, 1.807) is 4.68 Å². The largest absolute Gasteiger partial charge is 0.382 e. The van der Waals surface area contributed by atoms with Crippen molar-refractivity contribution in [1.82, 2.24) is 20.0 Å². The van der Waals surface area contributed by atoms with E-state index in [1.165, 1.54) is 6.20 Å². The molecule has 9 heteroatoms. The maximum absolute atomic E-state index is 9.10. The van der Waals surface area contributed by atoms with Gasteiger partial charge in [-0.3, -0.25) is 0 Å². The molecule has 0 radical (unpaired) electrons. The van der Waals surface area contributed by atoms with Gasteiger partial charge in [0, 0.05) is 11.3 Å². The smallest absolute Gasteiger partial charge is 0.176 e. The Morgan fingerprint density at radius 1 is 0.892 bits per heavy atom. The van der Waals surface area contributed by atoms with Crippen LogP contribution in [0.4, 0.5) is 17.3 Å². The molecule has 37 heavy (non-hydrogen) atoms. The van der Waals surface area contributed by atoms with Gasteiger partial charge in [0.15, 0.2) is 10.9 Å². The van der Waals surface area contributed by atoms with Crippen molar-refractivity contribution in [3.05, 3.63) is 114 Å². The molecule has 0 amide bonds. The number of para-hydroxylation sites is 1. The van der Waals surface area contributed by atoms with Gasteiger partial charge in [-0.1, -0.05) is 60.7 Å². The molecule has 0 atom stereocenters. The fraction of sp³-hybridized carbons (Fsp3) is 0.0357. The minimum Gasteiger partial charge on any atom is -0.382 e. The normalized spacial score (nSPS) is 10.5. The lowest BCUT2D eigenvalue weighted by atomic mass is 10.0. The molecule has 2 aromatic heterocycles. The Labute approximate surface area is 219 Å². The topological polar surface area (TPSA) is 117 Å². The van der Waals surface area contributed by atoms with Crippen LogP contribution in [0.15, 0.2) is 97.2 Å². The monoisotopic (exact) mass is 502 g/mol. The van der Waals surface area contributed by atoms with Gasteiger partial charge in [0.25, 0.3) is 0 Å². The number of nitrogens with one attached hydrogen (secondary N) is 2. The SMILES string of the molecule is N#Cc1cnn(-c2ccc(Cc3ccccc3NC(=S)Nc3ccc(-c4ccccc4)nn3)cc2)c1N. The molecule has 180 valence electrons. The zero-order valence-electron chi connectivity index (χ0n) is 19.7. The van der Waals surface area contributed by atoms with Crippen LogP contribution in [0.1, 0.15) is 16.7 Å².